The Bertz CT molecular complexity index is 283. The molecule has 0 aliphatic carbocycles. The first-order chi connectivity index (χ1) is 8.81. The summed E-state index contributed by atoms with van der Waals surface area (Å²) in [7, 11) is 0. The van der Waals surface area contributed by atoms with Crippen molar-refractivity contribution in [1.82, 2.24) is 10.6 Å². The smallest absolute Gasteiger partial charge is 0.401 e. The van der Waals surface area contributed by atoms with Gasteiger partial charge in [0.2, 0.25) is 5.91 Å². The molecule has 0 aliphatic rings. The van der Waals surface area contributed by atoms with Crippen LogP contribution in [0.4, 0.5) is 13.2 Å². The highest BCUT2D eigenvalue weighted by atomic mass is 19.4. The molecule has 8 heteroatoms. The molecule has 0 aromatic carbocycles. The molecule has 5 nitrogen and oxygen atoms in total. The molecule has 0 aromatic heterocycles. The minimum absolute atomic E-state index is 0.133. The number of rotatable bonds is 10. The standard InChI is InChI=1S/C11H19F3N2O3/c12-11(13,14)8-15-7-9(17)16-6-4-2-1-3-5-10(18)19/h15H,1-8H2,(H,16,17)(H,18,19). The van der Waals surface area contributed by atoms with E-state index in [4.69, 9.17) is 5.11 Å². The lowest BCUT2D eigenvalue weighted by atomic mass is 10.1. The highest BCUT2D eigenvalue weighted by Gasteiger charge is 2.26. The van der Waals surface area contributed by atoms with E-state index in [2.05, 4.69) is 5.32 Å². The van der Waals surface area contributed by atoms with E-state index in [0.29, 0.717) is 19.4 Å². The molecule has 0 unspecified atom stereocenters. The number of nitrogens with one attached hydrogen (secondary N) is 2. The van der Waals surface area contributed by atoms with Crippen molar-refractivity contribution in [3.8, 4) is 0 Å². The second kappa shape index (κ2) is 9.60. The molecule has 0 fully saturated rings. The third-order valence-corrected chi connectivity index (χ3v) is 2.25. The molecule has 19 heavy (non-hydrogen) atoms. The maximum absolute atomic E-state index is 11.8. The van der Waals surface area contributed by atoms with Crippen LogP contribution in [0.3, 0.4) is 0 Å². The Morgan fingerprint density at radius 1 is 1.05 bits per heavy atom. The van der Waals surface area contributed by atoms with Gasteiger partial charge >= 0.3 is 12.1 Å². The first-order valence-electron chi connectivity index (χ1n) is 6.07. The average Bonchev–Trinajstić information content (AvgIpc) is 2.25. The van der Waals surface area contributed by atoms with E-state index in [1.165, 1.54) is 0 Å². The molecule has 0 saturated carbocycles. The first-order valence-corrected chi connectivity index (χ1v) is 6.07. The number of halogens is 3. The molecule has 3 N–H and O–H groups in total. The fourth-order valence-corrected chi connectivity index (χ4v) is 1.36. The van der Waals surface area contributed by atoms with Crippen molar-refractivity contribution in [2.24, 2.45) is 0 Å². The van der Waals surface area contributed by atoms with Crippen LogP contribution >= 0.6 is 0 Å². The SMILES string of the molecule is O=C(O)CCCCCCNC(=O)CNCC(F)(F)F. The van der Waals surface area contributed by atoms with E-state index in [9.17, 15) is 22.8 Å². The molecule has 0 bridgehead atoms. The number of unbranched alkanes of at least 4 members (excludes halogenated alkanes) is 3. The number of carbonyl (C=O) groups is 2. The topological polar surface area (TPSA) is 78.4 Å². The van der Waals surface area contributed by atoms with Gasteiger partial charge in [0.15, 0.2) is 0 Å². The zero-order chi connectivity index (χ0) is 14.7. The average molecular weight is 284 g/mol. The van der Waals surface area contributed by atoms with Gasteiger partial charge in [-0.3, -0.25) is 9.59 Å². The second-order valence-electron chi connectivity index (χ2n) is 4.13. The molecule has 0 radical (unpaired) electrons. The van der Waals surface area contributed by atoms with Gasteiger partial charge in [0, 0.05) is 13.0 Å². The van der Waals surface area contributed by atoms with Gasteiger partial charge in [0.05, 0.1) is 13.1 Å². The Kier molecular flexibility index (Phi) is 8.94. The first kappa shape index (κ1) is 17.7. The lowest BCUT2D eigenvalue weighted by molar-refractivity contribution is -0.137. The summed E-state index contributed by atoms with van der Waals surface area (Å²) in [5, 5.41) is 12.9. The van der Waals surface area contributed by atoms with E-state index in [-0.39, 0.29) is 13.0 Å². The van der Waals surface area contributed by atoms with Crippen molar-refractivity contribution >= 4 is 11.9 Å². The van der Waals surface area contributed by atoms with Crippen molar-refractivity contribution < 1.29 is 27.9 Å². The fraction of sp³-hybridized carbons (Fsp3) is 0.818. The largest absolute Gasteiger partial charge is 0.481 e. The van der Waals surface area contributed by atoms with Crippen LogP contribution in [0.15, 0.2) is 0 Å². The molecule has 0 heterocycles. The molecule has 1 amide bonds. The summed E-state index contributed by atoms with van der Waals surface area (Å²) in [5.41, 5.74) is 0. The van der Waals surface area contributed by atoms with E-state index in [1.807, 2.05) is 5.32 Å². The van der Waals surface area contributed by atoms with Gasteiger partial charge in [-0.25, -0.2) is 0 Å². The number of aliphatic carboxylic acids is 1. The number of alkyl halides is 3. The van der Waals surface area contributed by atoms with Crippen molar-refractivity contribution in [3.63, 3.8) is 0 Å². The van der Waals surface area contributed by atoms with Crippen LogP contribution in [0.25, 0.3) is 0 Å². The Labute approximate surface area is 109 Å². The van der Waals surface area contributed by atoms with Gasteiger partial charge in [-0.05, 0) is 12.8 Å². The second-order valence-corrected chi connectivity index (χ2v) is 4.13. The van der Waals surface area contributed by atoms with E-state index in [1.54, 1.807) is 0 Å². The quantitative estimate of drug-likeness (QED) is 0.528. The summed E-state index contributed by atoms with van der Waals surface area (Å²) >= 11 is 0. The van der Waals surface area contributed by atoms with Crippen molar-refractivity contribution in [1.29, 1.82) is 0 Å². The number of hydrogen-bond donors (Lipinski definition) is 3. The summed E-state index contributed by atoms with van der Waals surface area (Å²) in [4.78, 5) is 21.3. The van der Waals surface area contributed by atoms with Crippen molar-refractivity contribution in [2.75, 3.05) is 19.6 Å². The van der Waals surface area contributed by atoms with Crippen LogP contribution in [0.1, 0.15) is 32.1 Å². The number of amides is 1. The molecular formula is C11H19F3N2O3. The lowest BCUT2D eigenvalue weighted by Crippen LogP contribution is -2.38. The Morgan fingerprint density at radius 2 is 1.68 bits per heavy atom. The molecule has 0 spiro atoms. The maximum atomic E-state index is 11.8. The minimum atomic E-state index is -4.32. The van der Waals surface area contributed by atoms with Crippen LogP contribution in [0, 0.1) is 0 Å². The van der Waals surface area contributed by atoms with Gasteiger partial charge in [0.25, 0.3) is 0 Å². The van der Waals surface area contributed by atoms with Crippen molar-refractivity contribution in [2.45, 2.75) is 38.3 Å². The van der Waals surface area contributed by atoms with Gasteiger partial charge in [-0.2, -0.15) is 13.2 Å². The van der Waals surface area contributed by atoms with Crippen molar-refractivity contribution in [3.05, 3.63) is 0 Å². The number of carboxylic acid groups (broad SMARTS) is 1. The molecule has 0 atom stereocenters. The minimum Gasteiger partial charge on any atom is -0.481 e. The normalized spacial score (nSPS) is 11.3. The van der Waals surface area contributed by atoms with Gasteiger partial charge < -0.3 is 15.7 Å². The Hall–Kier alpha value is -1.31. The predicted octanol–water partition coefficient (Wildman–Crippen LogP) is 1.29. The number of hydrogen-bond acceptors (Lipinski definition) is 3. The predicted molar refractivity (Wildman–Crippen MR) is 62.7 cm³/mol. The van der Waals surface area contributed by atoms with E-state index in [0.717, 1.165) is 12.8 Å². The highest BCUT2D eigenvalue weighted by Crippen LogP contribution is 2.11. The molecular weight excluding hydrogens is 265 g/mol. The number of carbonyl (C=O) groups excluding carboxylic acids is 1. The van der Waals surface area contributed by atoms with Gasteiger partial charge in [-0.1, -0.05) is 12.8 Å². The van der Waals surface area contributed by atoms with E-state index >= 15 is 0 Å². The zero-order valence-corrected chi connectivity index (χ0v) is 10.6. The number of carboxylic acids is 1. The molecule has 112 valence electrons. The Morgan fingerprint density at radius 3 is 2.26 bits per heavy atom. The lowest BCUT2D eigenvalue weighted by Gasteiger charge is -2.08. The van der Waals surface area contributed by atoms with Crippen LogP contribution in [-0.2, 0) is 9.59 Å². The summed E-state index contributed by atoms with van der Waals surface area (Å²) in [6.45, 7) is -1.16. The van der Waals surface area contributed by atoms with Crippen LogP contribution in [-0.4, -0.2) is 42.8 Å². The molecule has 0 saturated heterocycles. The van der Waals surface area contributed by atoms with Crippen LogP contribution in [0.5, 0.6) is 0 Å². The fourth-order valence-electron chi connectivity index (χ4n) is 1.36. The Balaban J connectivity index is 3.32. The summed E-state index contributed by atoms with van der Waals surface area (Å²) in [6.07, 6.45) is -1.36. The summed E-state index contributed by atoms with van der Waals surface area (Å²) < 4.78 is 35.3. The summed E-state index contributed by atoms with van der Waals surface area (Å²) in [6, 6.07) is 0. The third-order valence-electron chi connectivity index (χ3n) is 2.25. The van der Waals surface area contributed by atoms with Gasteiger partial charge in [0.1, 0.15) is 0 Å². The molecule has 0 rings (SSSR count). The third kappa shape index (κ3) is 14.6. The van der Waals surface area contributed by atoms with Crippen LogP contribution < -0.4 is 10.6 Å². The molecule has 0 aliphatic heterocycles. The van der Waals surface area contributed by atoms with E-state index < -0.39 is 24.6 Å². The highest BCUT2D eigenvalue weighted by molar-refractivity contribution is 5.77. The summed E-state index contributed by atoms with van der Waals surface area (Å²) in [5.74, 6) is -1.31. The van der Waals surface area contributed by atoms with Crippen LogP contribution in [0.2, 0.25) is 0 Å². The monoisotopic (exact) mass is 284 g/mol. The molecule has 0 aromatic rings. The zero-order valence-electron chi connectivity index (χ0n) is 10.6. The maximum Gasteiger partial charge on any atom is 0.401 e. The van der Waals surface area contributed by atoms with Gasteiger partial charge in [-0.15, -0.1) is 0 Å².